The zero-order chi connectivity index (χ0) is 13.0. The van der Waals surface area contributed by atoms with Gasteiger partial charge in [0.25, 0.3) is 0 Å². The third-order valence-corrected chi connectivity index (χ3v) is 2.53. The molecule has 2 N–H and O–H groups in total. The Morgan fingerprint density at radius 3 is 2.79 bits per heavy atom. The Morgan fingerprint density at radius 2 is 2.11 bits per heavy atom. The number of carbonyl (C=O) groups is 1. The van der Waals surface area contributed by atoms with Gasteiger partial charge in [-0.3, -0.25) is 10.4 Å². The molecule has 0 radical (unpaired) electrons. The van der Waals surface area contributed by atoms with Crippen molar-refractivity contribution < 1.29 is 9.90 Å². The van der Waals surface area contributed by atoms with Gasteiger partial charge in [0, 0.05) is 11.6 Å². The number of carboxylic acids is 1. The van der Waals surface area contributed by atoms with E-state index in [-0.39, 0.29) is 18.1 Å². The first kappa shape index (κ1) is 14.9. The fourth-order valence-corrected chi connectivity index (χ4v) is 1.60. The average Bonchev–Trinajstić information content (AvgIpc) is 2.39. The van der Waals surface area contributed by atoms with E-state index in [1.165, 1.54) is 0 Å². The Kier molecular flexibility index (Phi) is 5.26. The Morgan fingerprint density at radius 1 is 1.37 bits per heavy atom. The molecule has 2 rings (SSSR count). The summed E-state index contributed by atoms with van der Waals surface area (Å²) in [5.74, 6) is -1.02. The van der Waals surface area contributed by atoms with E-state index in [1.54, 1.807) is 13.1 Å². The maximum absolute atomic E-state index is 10.8. The minimum Gasteiger partial charge on any atom is -0.477 e. The number of rotatable bonds is 4. The van der Waals surface area contributed by atoms with E-state index in [4.69, 9.17) is 5.11 Å². The van der Waals surface area contributed by atoms with Gasteiger partial charge >= 0.3 is 5.97 Å². The van der Waals surface area contributed by atoms with Gasteiger partial charge in [0.05, 0.1) is 11.2 Å². The lowest BCUT2D eigenvalue weighted by Gasteiger charge is -2.05. The predicted octanol–water partition coefficient (Wildman–Crippen LogP) is 2.92. The number of halogens is 1. The summed E-state index contributed by atoms with van der Waals surface area (Å²) in [6, 6.07) is 9.41. The number of nitrogens with zero attached hydrogens (tertiary/aromatic N) is 2. The van der Waals surface area contributed by atoms with Gasteiger partial charge in [0.15, 0.2) is 0 Å². The van der Waals surface area contributed by atoms with Crippen molar-refractivity contribution in [3.05, 3.63) is 36.5 Å². The van der Waals surface area contributed by atoms with E-state index >= 15 is 0 Å². The fourth-order valence-electron chi connectivity index (χ4n) is 1.60. The monoisotopic (exact) mass is 279 g/mol. The SMILES string of the molecule is CC/C(=N\Nc1cccc2cccnc12)C(=O)O.Cl. The summed E-state index contributed by atoms with van der Waals surface area (Å²) in [5.41, 5.74) is 4.31. The summed E-state index contributed by atoms with van der Waals surface area (Å²) in [7, 11) is 0. The lowest BCUT2D eigenvalue weighted by molar-refractivity contribution is -0.129. The van der Waals surface area contributed by atoms with Crippen molar-refractivity contribution in [1.29, 1.82) is 0 Å². The number of benzene rings is 1. The highest BCUT2D eigenvalue weighted by atomic mass is 35.5. The molecule has 6 heteroatoms. The number of anilines is 1. The van der Waals surface area contributed by atoms with E-state index in [9.17, 15) is 4.79 Å². The molecule has 0 saturated carbocycles. The molecule has 0 fully saturated rings. The van der Waals surface area contributed by atoms with Crippen LogP contribution in [-0.2, 0) is 4.79 Å². The molecule has 0 aliphatic rings. The lowest BCUT2D eigenvalue weighted by Crippen LogP contribution is -2.13. The number of aliphatic carboxylic acids is 1. The highest BCUT2D eigenvalue weighted by Gasteiger charge is 2.06. The van der Waals surface area contributed by atoms with Crippen LogP contribution in [0.1, 0.15) is 13.3 Å². The Balaban J connectivity index is 0.00000180. The minimum atomic E-state index is -1.02. The Hall–Kier alpha value is -2.14. The Bertz CT molecular complexity index is 608. The van der Waals surface area contributed by atoms with Crippen LogP contribution in [0.25, 0.3) is 10.9 Å². The van der Waals surface area contributed by atoms with Crippen LogP contribution in [0.4, 0.5) is 5.69 Å². The predicted molar refractivity (Wildman–Crippen MR) is 78.0 cm³/mol. The molecule has 1 heterocycles. The van der Waals surface area contributed by atoms with Gasteiger partial charge in [0.2, 0.25) is 0 Å². The highest BCUT2D eigenvalue weighted by molar-refractivity contribution is 6.35. The summed E-state index contributed by atoms with van der Waals surface area (Å²) >= 11 is 0. The zero-order valence-electron chi connectivity index (χ0n) is 10.3. The van der Waals surface area contributed by atoms with Gasteiger partial charge in [-0.1, -0.05) is 25.1 Å². The van der Waals surface area contributed by atoms with Crippen LogP contribution in [-0.4, -0.2) is 21.8 Å². The lowest BCUT2D eigenvalue weighted by atomic mass is 10.2. The van der Waals surface area contributed by atoms with Crippen molar-refractivity contribution in [2.75, 3.05) is 5.43 Å². The second-order valence-corrected chi connectivity index (χ2v) is 3.71. The maximum atomic E-state index is 10.8. The van der Waals surface area contributed by atoms with Crippen molar-refractivity contribution in [2.45, 2.75) is 13.3 Å². The molecule has 1 aromatic carbocycles. The first-order valence-electron chi connectivity index (χ1n) is 5.62. The molecule has 19 heavy (non-hydrogen) atoms. The largest absolute Gasteiger partial charge is 0.477 e. The smallest absolute Gasteiger partial charge is 0.352 e. The van der Waals surface area contributed by atoms with Gasteiger partial charge in [-0.2, -0.15) is 5.10 Å². The van der Waals surface area contributed by atoms with E-state index in [2.05, 4.69) is 15.5 Å². The van der Waals surface area contributed by atoms with Gasteiger partial charge in [-0.05, 0) is 18.6 Å². The molecular weight excluding hydrogens is 266 g/mol. The molecule has 2 aromatic rings. The van der Waals surface area contributed by atoms with Crippen LogP contribution in [0.3, 0.4) is 0 Å². The molecule has 0 unspecified atom stereocenters. The first-order valence-corrected chi connectivity index (χ1v) is 5.62. The van der Waals surface area contributed by atoms with Crippen LogP contribution < -0.4 is 5.43 Å². The van der Waals surface area contributed by atoms with Crippen LogP contribution >= 0.6 is 12.4 Å². The number of carboxylic acid groups (broad SMARTS) is 1. The number of para-hydroxylation sites is 1. The average molecular weight is 280 g/mol. The molecular formula is C13H14ClN3O2. The number of hydrogen-bond acceptors (Lipinski definition) is 4. The summed E-state index contributed by atoms with van der Waals surface area (Å²) in [6.07, 6.45) is 2.05. The second-order valence-electron chi connectivity index (χ2n) is 3.71. The molecule has 100 valence electrons. The molecule has 0 aliphatic heterocycles. The summed E-state index contributed by atoms with van der Waals surface area (Å²) < 4.78 is 0. The molecule has 0 aliphatic carbocycles. The van der Waals surface area contributed by atoms with E-state index in [0.29, 0.717) is 12.1 Å². The van der Waals surface area contributed by atoms with Crippen molar-refractivity contribution in [3.63, 3.8) is 0 Å². The molecule has 0 bridgehead atoms. The third kappa shape index (κ3) is 3.42. The Labute approximate surface area is 116 Å². The number of aromatic nitrogens is 1. The quantitative estimate of drug-likeness (QED) is 0.666. The number of fused-ring (bicyclic) bond motifs is 1. The van der Waals surface area contributed by atoms with Gasteiger partial charge in [0.1, 0.15) is 5.71 Å². The highest BCUT2D eigenvalue weighted by Crippen LogP contribution is 2.20. The zero-order valence-corrected chi connectivity index (χ0v) is 11.1. The van der Waals surface area contributed by atoms with Crippen LogP contribution in [0.5, 0.6) is 0 Å². The van der Waals surface area contributed by atoms with E-state index in [1.807, 2.05) is 30.3 Å². The minimum absolute atomic E-state index is 0. The number of nitrogens with one attached hydrogen (secondary N) is 1. The number of hydrogen-bond donors (Lipinski definition) is 2. The first-order chi connectivity index (χ1) is 8.72. The third-order valence-electron chi connectivity index (χ3n) is 2.53. The van der Waals surface area contributed by atoms with Crippen LogP contribution in [0.2, 0.25) is 0 Å². The maximum Gasteiger partial charge on any atom is 0.352 e. The standard InChI is InChI=1S/C13H13N3O2.ClH/c1-2-10(13(17)18)15-16-11-7-3-5-9-6-4-8-14-12(9)11;/h3-8,16H,2H2,1H3,(H,17,18);1H/b15-10+;. The van der Waals surface area contributed by atoms with E-state index < -0.39 is 5.97 Å². The summed E-state index contributed by atoms with van der Waals surface area (Å²) in [5, 5.41) is 13.7. The normalized spacial score (nSPS) is 10.9. The van der Waals surface area contributed by atoms with Crippen molar-refractivity contribution in [3.8, 4) is 0 Å². The topological polar surface area (TPSA) is 74.6 Å². The molecule has 0 atom stereocenters. The molecule has 5 nitrogen and oxygen atoms in total. The molecule has 1 aromatic heterocycles. The van der Waals surface area contributed by atoms with Crippen molar-refractivity contribution in [1.82, 2.24) is 4.98 Å². The summed E-state index contributed by atoms with van der Waals surface area (Å²) in [4.78, 5) is 15.1. The molecule has 0 saturated heterocycles. The second kappa shape index (κ2) is 6.70. The summed E-state index contributed by atoms with van der Waals surface area (Å²) in [6.45, 7) is 1.75. The van der Waals surface area contributed by atoms with Gasteiger partial charge in [-0.15, -0.1) is 12.4 Å². The molecule has 0 amide bonds. The van der Waals surface area contributed by atoms with Crippen molar-refractivity contribution in [2.24, 2.45) is 5.10 Å². The number of pyridine rings is 1. The van der Waals surface area contributed by atoms with Gasteiger partial charge in [-0.25, -0.2) is 4.79 Å². The van der Waals surface area contributed by atoms with Crippen LogP contribution in [0.15, 0.2) is 41.6 Å². The van der Waals surface area contributed by atoms with Crippen molar-refractivity contribution >= 4 is 40.7 Å². The van der Waals surface area contributed by atoms with Crippen LogP contribution in [0, 0.1) is 0 Å². The van der Waals surface area contributed by atoms with Gasteiger partial charge < -0.3 is 5.11 Å². The molecule has 0 spiro atoms. The van der Waals surface area contributed by atoms with E-state index in [0.717, 1.165) is 10.9 Å². The number of hydrazone groups is 1. The fraction of sp³-hybridized carbons (Fsp3) is 0.154.